The molecule has 15 heavy (non-hydrogen) atoms. The minimum atomic E-state index is -3.12. The van der Waals surface area contributed by atoms with Gasteiger partial charge in [0.2, 0.25) is 0 Å². The van der Waals surface area contributed by atoms with Crippen LogP contribution >= 0.6 is 0 Å². The molecule has 1 spiro atoms. The molecule has 0 aromatic rings. The van der Waals surface area contributed by atoms with E-state index < -0.39 is 15.4 Å². The first-order valence-electron chi connectivity index (χ1n) is 4.74. The van der Waals surface area contributed by atoms with Crippen molar-refractivity contribution in [3.8, 4) is 0 Å². The lowest BCUT2D eigenvalue weighted by atomic mass is 9.96. The summed E-state index contributed by atoms with van der Waals surface area (Å²) >= 11 is 0. The number of nitrogens with zero attached hydrogens (tertiary/aromatic N) is 1. The molecule has 0 radical (unpaired) electrons. The zero-order valence-electron chi connectivity index (χ0n) is 8.41. The number of carbonyl (C=O) groups is 1. The second-order valence-electron chi connectivity index (χ2n) is 3.93. The third kappa shape index (κ3) is 1.71. The molecular weight excluding hydrogens is 218 g/mol. The monoisotopic (exact) mass is 231 g/mol. The van der Waals surface area contributed by atoms with Crippen LogP contribution in [0.3, 0.4) is 0 Å². The summed E-state index contributed by atoms with van der Waals surface area (Å²) in [5.41, 5.74) is -0.980. The van der Waals surface area contributed by atoms with Gasteiger partial charge in [-0.3, -0.25) is 15.1 Å². The predicted octanol–water partition coefficient (Wildman–Crippen LogP) is -1.36. The van der Waals surface area contributed by atoms with Crippen molar-refractivity contribution >= 4 is 21.7 Å². The average Bonchev–Trinajstić information content (AvgIpc) is 2.42. The van der Waals surface area contributed by atoms with E-state index in [9.17, 15) is 13.2 Å². The highest BCUT2D eigenvalue weighted by Gasteiger charge is 2.49. The van der Waals surface area contributed by atoms with Crippen molar-refractivity contribution < 1.29 is 13.2 Å². The van der Waals surface area contributed by atoms with E-state index >= 15 is 0 Å². The molecule has 2 rings (SSSR count). The molecule has 2 N–H and O–H groups in total. The summed E-state index contributed by atoms with van der Waals surface area (Å²) in [4.78, 5) is 15.5. The molecule has 7 heteroatoms. The van der Waals surface area contributed by atoms with E-state index in [1.807, 2.05) is 0 Å². The fraction of sp³-hybridized carbons (Fsp3) is 0.750. The zero-order chi connectivity index (χ0) is 11.1. The van der Waals surface area contributed by atoms with Crippen LogP contribution in [0, 0.1) is 0 Å². The van der Waals surface area contributed by atoms with Gasteiger partial charge < -0.3 is 5.32 Å². The zero-order valence-corrected chi connectivity index (χ0v) is 9.23. The molecule has 0 aromatic heterocycles. The Bertz CT molecular complexity index is 428. The number of nitrogens with one attached hydrogen (secondary N) is 2. The van der Waals surface area contributed by atoms with E-state index in [4.69, 9.17) is 0 Å². The summed E-state index contributed by atoms with van der Waals surface area (Å²) in [6.45, 7) is 0. The average molecular weight is 231 g/mol. The van der Waals surface area contributed by atoms with Gasteiger partial charge in [0.15, 0.2) is 15.8 Å². The van der Waals surface area contributed by atoms with Crippen LogP contribution in [-0.4, -0.2) is 44.4 Å². The molecule has 2 saturated heterocycles. The van der Waals surface area contributed by atoms with Gasteiger partial charge in [0, 0.05) is 7.05 Å². The van der Waals surface area contributed by atoms with Gasteiger partial charge >= 0.3 is 0 Å². The quantitative estimate of drug-likeness (QED) is 0.539. The molecule has 0 aliphatic carbocycles. The minimum absolute atomic E-state index is 0.134. The SMILES string of the molecule is CN=C1NC(=O)C2(CCCS(=O)(=O)C2)N1. The Kier molecular flexibility index (Phi) is 2.22. The normalized spacial score (nSPS) is 36.6. The molecule has 1 amide bonds. The van der Waals surface area contributed by atoms with Crippen LogP contribution in [-0.2, 0) is 14.6 Å². The Labute approximate surface area is 88.1 Å². The molecule has 2 fully saturated rings. The highest BCUT2D eigenvalue weighted by atomic mass is 32.2. The van der Waals surface area contributed by atoms with Gasteiger partial charge in [-0.1, -0.05) is 0 Å². The van der Waals surface area contributed by atoms with Crippen molar-refractivity contribution in [3.63, 3.8) is 0 Å². The Morgan fingerprint density at radius 3 is 2.73 bits per heavy atom. The van der Waals surface area contributed by atoms with Crippen LogP contribution in [0.2, 0.25) is 0 Å². The second-order valence-corrected chi connectivity index (χ2v) is 6.11. The predicted molar refractivity (Wildman–Crippen MR) is 55.3 cm³/mol. The highest BCUT2D eigenvalue weighted by molar-refractivity contribution is 7.91. The largest absolute Gasteiger partial charge is 0.341 e. The van der Waals surface area contributed by atoms with Crippen molar-refractivity contribution in [1.29, 1.82) is 0 Å². The summed E-state index contributed by atoms with van der Waals surface area (Å²) in [7, 11) is -1.58. The number of rotatable bonds is 0. The lowest BCUT2D eigenvalue weighted by Crippen LogP contribution is -2.55. The molecule has 0 bridgehead atoms. The lowest BCUT2D eigenvalue weighted by Gasteiger charge is -2.29. The van der Waals surface area contributed by atoms with Gasteiger partial charge in [-0.05, 0) is 12.8 Å². The van der Waals surface area contributed by atoms with E-state index in [0.29, 0.717) is 18.8 Å². The molecule has 84 valence electrons. The maximum absolute atomic E-state index is 11.7. The molecule has 2 heterocycles. The third-order valence-corrected chi connectivity index (χ3v) is 4.62. The lowest BCUT2D eigenvalue weighted by molar-refractivity contribution is -0.123. The van der Waals surface area contributed by atoms with Gasteiger partial charge in [-0.25, -0.2) is 8.42 Å². The van der Waals surface area contributed by atoms with Crippen LogP contribution in [0.15, 0.2) is 4.99 Å². The molecule has 6 nitrogen and oxygen atoms in total. The molecule has 2 aliphatic rings. The summed E-state index contributed by atoms with van der Waals surface area (Å²) < 4.78 is 23.0. The standard InChI is InChI=1S/C8H13N3O3S/c1-9-7-10-6(12)8(11-7)3-2-4-15(13,14)5-8/h2-5H2,1H3,(H2,9,10,11,12). The summed E-state index contributed by atoms with van der Waals surface area (Å²) in [6.07, 6.45) is 1.05. The Hall–Kier alpha value is -1.11. The molecule has 0 saturated carbocycles. The number of guanidine groups is 1. The first-order chi connectivity index (χ1) is 6.97. The molecular formula is C8H13N3O3S. The van der Waals surface area contributed by atoms with Crippen molar-refractivity contribution in [2.75, 3.05) is 18.6 Å². The van der Waals surface area contributed by atoms with E-state index in [1.165, 1.54) is 0 Å². The fourth-order valence-corrected chi connectivity index (χ4v) is 3.87. The third-order valence-electron chi connectivity index (χ3n) is 2.77. The highest BCUT2D eigenvalue weighted by Crippen LogP contribution is 2.25. The molecule has 2 aliphatic heterocycles. The van der Waals surface area contributed by atoms with Crippen molar-refractivity contribution in [3.05, 3.63) is 0 Å². The maximum Gasteiger partial charge on any atom is 0.253 e. The second kappa shape index (κ2) is 3.19. The van der Waals surface area contributed by atoms with E-state index in [1.54, 1.807) is 7.05 Å². The molecule has 1 atom stereocenters. The van der Waals surface area contributed by atoms with Crippen LogP contribution in [0.4, 0.5) is 0 Å². The van der Waals surface area contributed by atoms with Crippen LogP contribution in [0.5, 0.6) is 0 Å². The van der Waals surface area contributed by atoms with Gasteiger partial charge in [-0.15, -0.1) is 0 Å². The number of sulfone groups is 1. The van der Waals surface area contributed by atoms with Gasteiger partial charge in [-0.2, -0.15) is 0 Å². The summed E-state index contributed by atoms with van der Waals surface area (Å²) in [5, 5.41) is 5.41. The van der Waals surface area contributed by atoms with Crippen molar-refractivity contribution in [2.24, 2.45) is 4.99 Å². The summed E-state index contributed by atoms with van der Waals surface area (Å²) in [6, 6.07) is 0. The topological polar surface area (TPSA) is 87.6 Å². The van der Waals surface area contributed by atoms with Crippen LogP contribution in [0.1, 0.15) is 12.8 Å². The van der Waals surface area contributed by atoms with Crippen LogP contribution in [0.25, 0.3) is 0 Å². The summed E-state index contributed by atoms with van der Waals surface area (Å²) in [5.74, 6) is 0.108. The minimum Gasteiger partial charge on any atom is -0.341 e. The molecule has 0 aromatic carbocycles. The van der Waals surface area contributed by atoms with Gasteiger partial charge in [0.25, 0.3) is 5.91 Å². The number of hydrogen-bond donors (Lipinski definition) is 2. The van der Waals surface area contributed by atoms with Crippen molar-refractivity contribution in [2.45, 2.75) is 18.4 Å². The Balaban J connectivity index is 2.31. The van der Waals surface area contributed by atoms with E-state index in [-0.39, 0.29) is 17.4 Å². The maximum atomic E-state index is 11.7. The first-order valence-corrected chi connectivity index (χ1v) is 6.56. The first kappa shape index (κ1) is 10.4. The molecule has 1 unspecified atom stereocenters. The van der Waals surface area contributed by atoms with Crippen LogP contribution < -0.4 is 10.6 Å². The number of carbonyl (C=O) groups excluding carboxylic acids is 1. The smallest absolute Gasteiger partial charge is 0.253 e. The van der Waals surface area contributed by atoms with Crippen molar-refractivity contribution in [1.82, 2.24) is 10.6 Å². The fourth-order valence-electron chi connectivity index (χ4n) is 2.04. The van der Waals surface area contributed by atoms with E-state index in [2.05, 4.69) is 15.6 Å². The number of aliphatic imine (C=N–C) groups is 1. The Morgan fingerprint density at radius 2 is 2.20 bits per heavy atom. The Morgan fingerprint density at radius 1 is 1.47 bits per heavy atom. The van der Waals surface area contributed by atoms with Gasteiger partial charge in [0.05, 0.1) is 11.5 Å². The van der Waals surface area contributed by atoms with E-state index in [0.717, 1.165) is 0 Å². The number of amides is 1. The number of hydrogen-bond acceptors (Lipinski definition) is 4. The van der Waals surface area contributed by atoms with Gasteiger partial charge in [0.1, 0.15) is 5.54 Å².